The van der Waals surface area contributed by atoms with Crippen molar-refractivity contribution in [1.82, 2.24) is 0 Å². The summed E-state index contributed by atoms with van der Waals surface area (Å²) in [6.07, 6.45) is 0. The zero-order valence-electron chi connectivity index (χ0n) is 7.67. The van der Waals surface area contributed by atoms with Gasteiger partial charge in [0.15, 0.2) is 0 Å². The maximum Gasteiger partial charge on any atom is 0.0857 e. The number of rotatable bonds is 2. The second kappa shape index (κ2) is 6.14. The van der Waals surface area contributed by atoms with Gasteiger partial charge in [-0.25, -0.2) is 0 Å². The summed E-state index contributed by atoms with van der Waals surface area (Å²) in [7, 11) is 0. The molecule has 0 atom stereocenters. The molecule has 15 heavy (non-hydrogen) atoms. The Morgan fingerprint density at radius 1 is 0.533 bits per heavy atom. The number of azo groups is 1. The van der Waals surface area contributed by atoms with E-state index in [1.165, 1.54) is 0 Å². The van der Waals surface area contributed by atoms with Crippen LogP contribution in [0.15, 0.2) is 70.9 Å². The topological polar surface area (TPSA) is 24.7 Å². The Morgan fingerprint density at radius 3 is 1.20 bits per heavy atom. The molecule has 2 rings (SSSR count). The predicted octanol–water partition coefficient (Wildman–Crippen LogP) is 2.65. The fraction of sp³-hybridized carbons (Fsp3) is 0. The van der Waals surface area contributed by atoms with Crippen LogP contribution in [0.4, 0.5) is 11.4 Å². The smallest absolute Gasteiger partial charge is 0.0857 e. The van der Waals surface area contributed by atoms with Gasteiger partial charge >= 0.3 is 17.6 Å². The van der Waals surface area contributed by atoms with Gasteiger partial charge in [0.1, 0.15) is 0 Å². The van der Waals surface area contributed by atoms with E-state index >= 15 is 0 Å². The standard InChI is InChI=1S/C12H10N2.GeH4/c1-3-7-11(8-4-1)13-14-12-9-5-2-6-10-12;/h1-10H;1H4/b14-13+;. The van der Waals surface area contributed by atoms with Crippen LogP contribution in [0, 0.1) is 0 Å². The van der Waals surface area contributed by atoms with Crippen molar-refractivity contribution in [3.63, 3.8) is 0 Å². The van der Waals surface area contributed by atoms with Crippen molar-refractivity contribution >= 4 is 29.0 Å². The molecule has 0 heterocycles. The van der Waals surface area contributed by atoms with Crippen LogP contribution in [0.2, 0.25) is 0 Å². The largest absolute Gasteiger partial charge is 0.151 e. The van der Waals surface area contributed by atoms with Crippen LogP contribution in [0.3, 0.4) is 0 Å². The molecule has 0 saturated heterocycles. The summed E-state index contributed by atoms with van der Waals surface area (Å²) in [5.41, 5.74) is 1.74. The van der Waals surface area contributed by atoms with Gasteiger partial charge in [0.05, 0.1) is 11.4 Å². The minimum Gasteiger partial charge on any atom is -0.151 e. The average Bonchev–Trinajstić information content (AvgIpc) is 2.29. The molecule has 76 valence electrons. The van der Waals surface area contributed by atoms with Crippen LogP contribution in [-0.4, -0.2) is 17.6 Å². The van der Waals surface area contributed by atoms with Crippen LogP contribution in [0.5, 0.6) is 0 Å². The van der Waals surface area contributed by atoms with Crippen LogP contribution in [0.1, 0.15) is 0 Å². The Bertz CT molecular complexity index is 371. The van der Waals surface area contributed by atoms with E-state index in [-0.39, 0.29) is 17.6 Å². The molecule has 0 aliphatic rings. The van der Waals surface area contributed by atoms with Crippen LogP contribution >= 0.6 is 0 Å². The van der Waals surface area contributed by atoms with Crippen molar-refractivity contribution < 1.29 is 0 Å². The van der Waals surface area contributed by atoms with Gasteiger partial charge in [0.2, 0.25) is 0 Å². The molecule has 0 aliphatic carbocycles. The molecule has 2 nitrogen and oxygen atoms in total. The molecule has 0 radical (unpaired) electrons. The van der Waals surface area contributed by atoms with Gasteiger partial charge in [0, 0.05) is 0 Å². The number of nitrogens with zero attached hydrogens (tertiary/aromatic N) is 2. The molecular weight excluding hydrogens is 245 g/mol. The van der Waals surface area contributed by atoms with Crippen molar-refractivity contribution in [2.75, 3.05) is 0 Å². The minimum atomic E-state index is 0. The van der Waals surface area contributed by atoms with Gasteiger partial charge in [-0.3, -0.25) is 0 Å². The summed E-state index contributed by atoms with van der Waals surface area (Å²) < 4.78 is 0. The molecule has 3 heteroatoms. The van der Waals surface area contributed by atoms with Crippen molar-refractivity contribution in [1.29, 1.82) is 0 Å². The van der Waals surface area contributed by atoms with Crippen molar-refractivity contribution in [2.45, 2.75) is 0 Å². The van der Waals surface area contributed by atoms with Crippen LogP contribution in [-0.2, 0) is 0 Å². The summed E-state index contributed by atoms with van der Waals surface area (Å²) in [6, 6.07) is 19.4. The maximum absolute atomic E-state index is 4.10. The van der Waals surface area contributed by atoms with E-state index in [0.29, 0.717) is 0 Å². The van der Waals surface area contributed by atoms with E-state index in [4.69, 9.17) is 0 Å². The second-order valence-electron chi connectivity index (χ2n) is 2.87. The normalized spacial score (nSPS) is 9.87. The Kier molecular flexibility index (Phi) is 4.77. The third-order valence-electron chi connectivity index (χ3n) is 1.79. The van der Waals surface area contributed by atoms with Gasteiger partial charge in [-0.2, -0.15) is 10.2 Å². The van der Waals surface area contributed by atoms with Gasteiger partial charge < -0.3 is 0 Å². The van der Waals surface area contributed by atoms with Gasteiger partial charge in [-0.1, -0.05) is 36.4 Å². The Morgan fingerprint density at radius 2 is 0.867 bits per heavy atom. The average molecular weight is 259 g/mol. The first-order valence-corrected chi connectivity index (χ1v) is 4.47. The molecule has 2 aromatic rings. The first kappa shape index (κ1) is 11.7. The van der Waals surface area contributed by atoms with Gasteiger partial charge in [0.25, 0.3) is 0 Å². The van der Waals surface area contributed by atoms with Crippen molar-refractivity contribution in [2.24, 2.45) is 10.2 Å². The maximum atomic E-state index is 4.10. The first-order valence-electron chi connectivity index (χ1n) is 4.47. The van der Waals surface area contributed by atoms with E-state index in [9.17, 15) is 0 Å². The van der Waals surface area contributed by atoms with E-state index in [1.807, 2.05) is 60.7 Å². The fourth-order valence-corrected chi connectivity index (χ4v) is 1.10. The van der Waals surface area contributed by atoms with Gasteiger partial charge in [-0.05, 0) is 24.3 Å². The SMILES string of the molecule is [GeH4].c1ccc(/N=N/c2ccccc2)cc1. The molecule has 0 unspecified atom stereocenters. The van der Waals surface area contributed by atoms with E-state index in [1.54, 1.807) is 0 Å². The fourth-order valence-electron chi connectivity index (χ4n) is 1.10. The molecule has 0 amide bonds. The Labute approximate surface area is 100 Å². The van der Waals surface area contributed by atoms with Crippen LogP contribution < -0.4 is 0 Å². The number of hydrogen-bond acceptors (Lipinski definition) is 2. The van der Waals surface area contributed by atoms with E-state index in [2.05, 4.69) is 10.2 Å². The quantitative estimate of drug-likeness (QED) is 0.585. The second-order valence-corrected chi connectivity index (χ2v) is 2.87. The molecule has 0 N–H and O–H groups in total. The number of hydrogen-bond donors (Lipinski definition) is 0. The zero-order chi connectivity index (χ0) is 9.64. The minimum absolute atomic E-state index is 0. The summed E-state index contributed by atoms with van der Waals surface area (Å²) >= 11 is 0. The summed E-state index contributed by atoms with van der Waals surface area (Å²) in [4.78, 5) is 0. The molecule has 0 spiro atoms. The molecular formula is C12H14GeN2. The summed E-state index contributed by atoms with van der Waals surface area (Å²) in [6.45, 7) is 0. The van der Waals surface area contributed by atoms with Crippen LogP contribution in [0.25, 0.3) is 0 Å². The molecule has 0 aromatic heterocycles. The summed E-state index contributed by atoms with van der Waals surface area (Å²) in [5.74, 6) is 0. The predicted molar refractivity (Wildman–Crippen MR) is 68.4 cm³/mol. The molecule has 0 bridgehead atoms. The van der Waals surface area contributed by atoms with Crippen molar-refractivity contribution in [3.8, 4) is 0 Å². The third-order valence-corrected chi connectivity index (χ3v) is 1.79. The molecule has 0 saturated carbocycles. The Hall–Kier alpha value is -1.42. The molecule has 0 aliphatic heterocycles. The zero-order valence-corrected chi connectivity index (χ0v) is 7.67. The Balaban J connectivity index is 0.00000112. The van der Waals surface area contributed by atoms with E-state index in [0.717, 1.165) is 11.4 Å². The summed E-state index contributed by atoms with van der Waals surface area (Å²) in [5, 5.41) is 8.20. The molecule has 0 fully saturated rings. The van der Waals surface area contributed by atoms with E-state index < -0.39 is 0 Å². The first-order chi connectivity index (χ1) is 6.95. The molecule has 2 aromatic carbocycles. The number of benzene rings is 2. The monoisotopic (exact) mass is 260 g/mol. The third kappa shape index (κ3) is 3.67. The van der Waals surface area contributed by atoms with Crippen molar-refractivity contribution in [3.05, 3.63) is 60.7 Å². The van der Waals surface area contributed by atoms with Gasteiger partial charge in [-0.15, -0.1) is 0 Å².